The van der Waals surface area contributed by atoms with Crippen LogP contribution in [-0.2, 0) is 0 Å². The Labute approximate surface area is 146 Å². The van der Waals surface area contributed by atoms with E-state index in [0.29, 0.717) is 19.0 Å². The summed E-state index contributed by atoms with van der Waals surface area (Å²) < 4.78 is 1.85. The van der Waals surface area contributed by atoms with Crippen LogP contribution in [0.4, 0.5) is 0 Å². The molecule has 114 valence electrons. The van der Waals surface area contributed by atoms with Crippen molar-refractivity contribution in [1.82, 2.24) is 9.80 Å². The predicted molar refractivity (Wildman–Crippen MR) is 91.4 cm³/mol. The second-order valence-corrected chi connectivity index (χ2v) is 8.60. The van der Waals surface area contributed by atoms with E-state index in [1.807, 2.05) is 11.0 Å². The van der Waals surface area contributed by atoms with Gasteiger partial charge in [0.1, 0.15) is 6.04 Å². The molecule has 1 saturated heterocycles. The minimum Gasteiger partial charge on any atom is -0.335 e. The number of nitriles is 1. The number of hydrogen-bond donors (Lipinski definition) is 0. The van der Waals surface area contributed by atoms with Gasteiger partial charge < -0.3 is 4.90 Å². The molecule has 2 rings (SSSR count). The highest BCUT2D eigenvalue weighted by molar-refractivity contribution is 9.13. The number of carbonyl (C=O) groups is 1. The molecule has 0 aliphatic carbocycles. The monoisotopic (exact) mass is 433 g/mol. The summed E-state index contributed by atoms with van der Waals surface area (Å²) in [5.74, 6) is 0.380. The number of halogens is 2. The Kier molecular flexibility index (Phi) is 5.83. The van der Waals surface area contributed by atoms with Crippen molar-refractivity contribution in [3.8, 4) is 6.07 Å². The Morgan fingerprint density at radius 1 is 1.33 bits per heavy atom. The van der Waals surface area contributed by atoms with Gasteiger partial charge in [0.05, 0.1) is 14.7 Å². The van der Waals surface area contributed by atoms with Gasteiger partial charge in [0, 0.05) is 30.7 Å². The molecule has 1 amide bonds. The van der Waals surface area contributed by atoms with E-state index in [1.54, 1.807) is 0 Å². The van der Waals surface area contributed by atoms with Crippen LogP contribution in [0.3, 0.4) is 0 Å². The van der Waals surface area contributed by atoms with E-state index in [9.17, 15) is 10.1 Å². The van der Waals surface area contributed by atoms with Crippen LogP contribution in [0.2, 0.25) is 0 Å². The second-order valence-electron chi connectivity index (χ2n) is 5.38. The summed E-state index contributed by atoms with van der Waals surface area (Å²) in [4.78, 5) is 17.2. The van der Waals surface area contributed by atoms with E-state index in [1.165, 1.54) is 11.3 Å². The van der Waals surface area contributed by atoms with Gasteiger partial charge in [0.25, 0.3) is 5.91 Å². The smallest absolute Gasteiger partial charge is 0.264 e. The van der Waals surface area contributed by atoms with Crippen molar-refractivity contribution in [2.45, 2.75) is 19.9 Å². The van der Waals surface area contributed by atoms with Crippen LogP contribution in [0.25, 0.3) is 0 Å². The van der Waals surface area contributed by atoms with Gasteiger partial charge in [0.2, 0.25) is 0 Å². The standard InChI is InChI=1S/C14H17Br2N3OS/c1-9(2)11(8-17)18-3-5-19(6-4-18)14(20)12-7-10(15)13(16)21-12/h7,9,11H,3-6H2,1-2H3. The highest BCUT2D eigenvalue weighted by atomic mass is 79.9. The summed E-state index contributed by atoms with van der Waals surface area (Å²) in [5.41, 5.74) is 0. The number of amides is 1. The van der Waals surface area contributed by atoms with Gasteiger partial charge in [-0.1, -0.05) is 13.8 Å². The number of piperazine rings is 1. The fourth-order valence-electron chi connectivity index (χ4n) is 2.46. The molecule has 2 heterocycles. The van der Waals surface area contributed by atoms with E-state index in [0.717, 1.165) is 26.2 Å². The number of hydrogen-bond acceptors (Lipinski definition) is 4. The lowest BCUT2D eigenvalue weighted by atomic mass is 10.0. The minimum absolute atomic E-state index is 0.0627. The molecule has 1 atom stereocenters. The third-order valence-corrected chi connectivity index (χ3v) is 6.86. The zero-order valence-electron chi connectivity index (χ0n) is 12.0. The van der Waals surface area contributed by atoms with Crippen LogP contribution >= 0.6 is 43.2 Å². The molecule has 1 unspecified atom stereocenters. The van der Waals surface area contributed by atoms with E-state index in [2.05, 4.69) is 56.7 Å². The molecule has 1 aromatic heterocycles. The molecule has 0 saturated carbocycles. The molecule has 0 bridgehead atoms. The maximum atomic E-state index is 12.5. The largest absolute Gasteiger partial charge is 0.335 e. The van der Waals surface area contributed by atoms with Crippen molar-refractivity contribution in [2.24, 2.45) is 5.92 Å². The number of rotatable bonds is 3. The maximum absolute atomic E-state index is 12.5. The van der Waals surface area contributed by atoms with Crippen molar-refractivity contribution in [2.75, 3.05) is 26.2 Å². The first-order chi connectivity index (χ1) is 9.93. The summed E-state index contributed by atoms with van der Waals surface area (Å²) in [6.07, 6.45) is 0. The lowest BCUT2D eigenvalue weighted by Crippen LogP contribution is -2.52. The van der Waals surface area contributed by atoms with Gasteiger partial charge in [0.15, 0.2) is 0 Å². The van der Waals surface area contributed by atoms with Crippen LogP contribution in [0.15, 0.2) is 14.3 Å². The molecular formula is C14H17Br2N3OS. The van der Waals surface area contributed by atoms with E-state index in [4.69, 9.17) is 0 Å². The zero-order chi connectivity index (χ0) is 15.6. The quantitative estimate of drug-likeness (QED) is 0.730. The second kappa shape index (κ2) is 7.23. The Balaban J connectivity index is 1.98. The molecule has 21 heavy (non-hydrogen) atoms. The van der Waals surface area contributed by atoms with Crippen LogP contribution in [0.1, 0.15) is 23.5 Å². The fourth-order valence-corrected chi connectivity index (χ4v) is 4.47. The van der Waals surface area contributed by atoms with Gasteiger partial charge in [-0.15, -0.1) is 11.3 Å². The van der Waals surface area contributed by atoms with Gasteiger partial charge in [-0.25, -0.2) is 0 Å². The molecule has 1 fully saturated rings. The lowest BCUT2D eigenvalue weighted by molar-refractivity contribution is 0.0581. The number of nitrogens with zero attached hydrogens (tertiary/aromatic N) is 3. The van der Waals surface area contributed by atoms with Crippen molar-refractivity contribution in [3.05, 3.63) is 19.2 Å². The molecule has 4 nitrogen and oxygen atoms in total. The number of carbonyl (C=O) groups excluding carboxylic acids is 1. The molecule has 1 aliphatic rings. The average molecular weight is 435 g/mol. The van der Waals surface area contributed by atoms with Gasteiger partial charge >= 0.3 is 0 Å². The number of thiophene rings is 1. The van der Waals surface area contributed by atoms with Crippen LogP contribution in [-0.4, -0.2) is 47.9 Å². The summed E-state index contributed by atoms with van der Waals surface area (Å²) in [5, 5.41) is 9.25. The average Bonchev–Trinajstić information content (AvgIpc) is 2.79. The lowest BCUT2D eigenvalue weighted by Gasteiger charge is -2.38. The molecule has 1 aromatic rings. The normalized spacial score (nSPS) is 17.8. The van der Waals surface area contributed by atoms with E-state index in [-0.39, 0.29) is 11.9 Å². The molecule has 0 spiro atoms. The summed E-state index contributed by atoms with van der Waals surface area (Å²) in [6.45, 7) is 7.00. The third-order valence-electron chi connectivity index (χ3n) is 3.61. The first-order valence-corrected chi connectivity index (χ1v) is 9.22. The molecular weight excluding hydrogens is 418 g/mol. The Morgan fingerprint density at radius 3 is 2.38 bits per heavy atom. The van der Waals surface area contributed by atoms with Crippen molar-refractivity contribution in [1.29, 1.82) is 5.26 Å². The summed E-state index contributed by atoms with van der Waals surface area (Å²) in [6, 6.07) is 4.16. The topological polar surface area (TPSA) is 47.3 Å². The van der Waals surface area contributed by atoms with Gasteiger partial charge in [-0.3, -0.25) is 9.69 Å². The van der Waals surface area contributed by atoms with Crippen molar-refractivity contribution >= 4 is 49.1 Å². The summed E-state index contributed by atoms with van der Waals surface area (Å²) in [7, 11) is 0. The fraction of sp³-hybridized carbons (Fsp3) is 0.571. The van der Waals surface area contributed by atoms with Crippen LogP contribution < -0.4 is 0 Å². The Hall–Kier alpha value is -0.420. The Bertz CT molecular complexity index is 540. The molecule has 0 radical (unpaired) electrons. The molecule has 0 N–H and O–H groups in total. The van der Waals surface area contributed by atoms with Crippen LogP contribution in [0, 0.1) is 17.2 Å². The molecule has 7 heteroatoms. The Morgan fingerprint density at radius 2 is 1.95 bits per heavy atom. The highest BCUT2D eigenvalue weighted by Crippen LogP contribution is 2.33. The molecule has 0 aromatic carbocycles. The minimum atomic E-state index is -0.0627. The van der Waals surface area contributed by atoms with Crippen molar-refractivity contribution in [3.63, 3.8) is 0 Å². The molecule has 1 aliphatic heterocycles. The first-order valence-electron chi connectivity index (χ1n) is 6.81. The maximum Gasteiger partial charge on any atom is 0.264 e. The predicted octanol–water partition coefficient (Wildman–Crippen LogP) is 3.58. The third kappa shape index (κ3) is 3.86. The van der Waals surface area contributed by atoms with E-state index < -0.39 is 0 Å². The SMILES string of the molecule is CC(C)C(C#N)N1CCN(C(=O)c2cc(Br)c(Br)s2)CC1. The van der Waals surface area contributed by atoms with E-state index >= 15 is 0 Å². The van der Waals surface area contributed by atoms with Crippen molar-refractivity contribution < 1.29 is 4.79 Å². The van der Waals surface area contributed by atoms with Gasteiger partial charge in [-0.2, -0.15) is 5.26 Å². The highest BCUT2D eigenvalue weighted by Gasteiger charge is 2.28. The first kappa shape index (κ1) is 16.9. The van der Waals surface area contributed by atoms with Crippen LogP contribution in [0.5, 0.6) is 0 Å². The zero-order valence-corrected chi connectivity index (χ0v) is 16.0. The summed E-state index contributed by atoms with van der Waals surface area (Å²) >= 11 is 8.27. The van der Waals surface area contributed by atoms with Gasteiger partial charge in [-0.05, 0) is 43.8 Å².